The van der Waals surface area contributed by atoms with Crippen LogP contribution in [0.5, 0.6) is 0 Å². The van der Waals surface area contributed by atoms with Crippen molar-refractivity contribution < 1.29 is 28.7 Å². The maximum Gasteiger partial charge on any atom is 0.262 e. The Bertz CT molecular complexity index is 2020. The van der Waals surface area contributed by atoms with Crippen molar-refractivity contribution >= 4 is 40.9 Å². The Morgan fingerprint density at radius 2 is 1.67 bits per heavy atom. The van der Waals surface area contributed by atoms with Crippen molar-refractivity contribution in [2.75, 3.05) is 36.5 Å². The van der Waals surface area contributed by atoms with Crippen molar-refractivity contribution in [1.82, 2.24) is 20.2 Å². The molecule has 5 amide bonds. The van der Waals surface area contributed by atoms with Gasteiger partial charge in [0.05, 0.1) is 47.6 Å². The van der Waals surface area contributed by atoms with Crippen molar-refractivity contribution in [2.24, 2.45) is 0 Å². The van der Waals surface area contributed by atoms with Gasteiger partial charge < -0.3 is 15.0 Å². The van der Waals surface area contributed by atoms with Gasteiger partial charge in [-0.25, -0.2) is 0 Å². The Balaban J connectivity index is 1.28. The summed E-state index contributed by atoms with van der Waals surface area (Å²) in [5.41, 5.74) is 6.32. The summed E-state index contributed by atoms with van der Waals surface area (Å²) in [6, 6.07) is 15.1. The van der Waals surface area contributed by atoms with E-state index < -0.39 is 29.7 Å². The van der Waals surface area contributed by atoms with Crippen molar-refractivity contribution in [2.45, 2.75) is 32.7 Å². The summed E-state index contributed by atoms with van der Waals surface area (Å²) in [6.45, 7) is 5.95. The molecule has 2 N–H and O–H groups in total. The van der Waals surface area contributed by atoms with E-state index in [-0.39, 0.29) is 29.9 Å². The molecule has 2 aromatic heterocycles. The number of aromatic nitrogens is 2. The normalized spacial score (nSPS) is 17.8. The van der Waals surface area contributed by atoms with E-state index in [4.69, 9.17) is 9.72 Å². The molecule has 48 heavy (non-hydrogen) atoms. The monoisotopic (exact) mass is 644 g/mol. The van der Waals surface area contributed by atoms with Crippen LogP contribution in [0, 0.1) is 13.8 Å². The number of nitrogens with one attached hydrogen (secondary N) is 2. The Morgan fingerprint density at radius 1 is 0.896 bits per heavy atom. The highest BCUT2D eigenvalue weighted by Gasteiger charge is 2.46. The van der Waals surface area contributed by atoms with Crippen LogP contribution in [0.2, 0.25) is 0 Å². The molecule has 4 aromatic rings. The Labute approximate surface area is 276 Å². The fraction of sp³-hybridized carbons (Fsp3) is 0.250. The second-order valence-electron chi connectivity index (χ2n) is 12.0. The number of imide groups is 2. The van der Waals surface area contributed by atoms with Gasteiger partial charge in [0.25, 0.3) is 17.7 Å². The summed E-state index contributed by atoms with van der Waals surface area (Å²) in [5.74, 6) is -2.53. The molecule has 2 saturated heterocycles. The summed E-state index contributed by atoms with van der Waals surface area (Å²) < 4.78 is 5.62. The number of amides is 5. The minimum Gasteiger partial charge on any atom is -0.378 e. The van der Waals surface area contributed by atoms with Crippen LogP contribution >= 0.6 is 0 Å². The minimum atomic E-state index is -1.08. The molecule has 3 aliphatic heterocycles. The number of benzene rings is 2. The number of aryl methyl sites for hydroxylation is 2. The number of carbonyl (C=O) groups is 5. The number of carbonyl (C=O) groups excluding carboxylic acids is 5. The molecular formula is C36H32N6O6. The third kappa shape index (κ3) is 5.60. The van der Waals surface area contributed by atoms with Gasteiger partial charge in [0, 0.05) is 53.7 Å². The third-order valence-corrected chi connectivity index (χ3v) is 8.88. The standard InChI is InChI=1S/C36H32N6O6/c1-20-5-3-6-22(15-20)33(44)39-24-17-27(21(2)37-19-24)23-16-29(41-11-13-48-14-12-41)32(38-18-23)25-7-4-8-26-31(25)36(47)42(35(26)46)28-9-10-30(43)40-34(28)45/h3-8,15-19,28H,9-14H2,1-2H3,(H,39,44)(H,40,43,45). The summed E-state index contributed by atoms with van der Waals surface area (Å²) in [5, 5.41) is 5.18. The van der Waals surface area contributed by atoms with Crippen molar-refractivity contribution in [3.8, 4) is 22.4 Å². The number of hydrogen-bond acceptors (Lipinski definition) is 9. The highest BCUT2D eigenvalue weighted by Crippen LogP contribution is 2.40. The molecule has 12 nitrogen and oxygen atoms in total. The van der Waals surface area contributed by atoms with Gasteiger partial charge in [-0.05, 0) is 50.6 Å². The number of hydrogen-bond donors (Lipinski definition) is 2. The van der Waals surface area contributed by atoms with E-state index in [2.05, 4.69) is 20.5 Å². The van der Waals surface area contributed by atoms with Crippen LogP contribution < -0.4 is 15.5 Å². The van der Waals surface area contributed by atoms with E-state index in [1.807, 2.05) is 44.2 Å². The van der Waals surface area contributed by atoms with E-state index in [1.54, 1.807) is 36.7 Å². The first kappa shape index (κ1) is 30.9. The predicted octanol–water partition coefficient (Wildman–Crippen LogP) is 3.92. The van der Waals surface area contributed by atoms with Gasteiger partial charge in [-0.2, -0.15) is 0 Å². The van der Waals surface area contributed by atoms with Gasteiger partial charge in [-0.1, -0.05) is 29.8 Å². The molecule has 3 aliphatic rings. The lowest BCUT2D eigenvalue weighted by Crippen LogP contribution is -2.54. The summed E-state index contributed by atoms with van der Waals surface area (Å²) in [6.07, 6.45) is 3.40. The molecule has 5 heterocycles. The molecule has 242 valence electrons. The largest absolute Gasteiger partial charge is 0.378 e. The number of nitrogens with zero attached hydrogens (tertiary/aromatic N) is 4. The first-order chi connectivity index (χ1) is 23.2. The molecule has 12 heteroatoms. The lowest BCUT2D eigenvalue weighted by atomic mass is 9.96. The second-order valence-corrected chi connectivity index (χ2v) is 12.0. The van der Waals surface area contributed by atoms with Crippen molar-refractivity contribution in [1.29, 1.82) is 0 Å². The van der Waals surface area contributed by atoms with Gasteiger partial charge in [-0.15, -0.1) is 0 Å². The third-order valence-electron chi connectivity index (χ3n) is 8.88. The zero-order chi connectivity index (χ0) is 33.5. The molecule has 0 spiro atoms. The second kappa shape index (κ2) is 12.5. The van der Waals surface area contributed by atoms with Crippen LogP contribution in [-0.2, 0) is 14.3 Å². The smallest absolute Gasteiger partial charge is 0.262 e. The topological polar surface area (TPSA) is 151 Å². The minimum absolute atomic E-state index is 0.0337. The summed E-state index contributed by atoms with van der Waals surface area (Å²) in [4.78, 5) is 77.5. The lowest BCUT2D eigenvalue weighted by molar-refractivity contribution is -0.136. The molecule has 1 atom stereocenters. The maximum absolute atomic E-state index is 13.9. The summed E-state index contributed by atoms with van der Waals surface area (Å²) >= 11 is 0. The van der Waals surface area contributed by atoms with Crippen molar-refractivity contribution in [3.05, 3.63) is 94.9 Å². The molecule has 7 rings (SSSR count). The number of fused-ring (bicyclic) bond motifs is 1. The molecule has 2 fully saturated rings. The number of rotatable bonds is 6. The zero-order valence-corrected chi connectivity index (χ0v) is 26.4. The lowest BCUT2D eigenvalue weighted by Gasteiger charge is -2.31. The van der Waals surface area contributed by atoms with E-state index in [0.717, 1.165) is 33.0 Å². The number of anilines is 2. The number of morpholine rings is 1. The van der Waals surface area contributed by atoms with Crippen LogP contribution in [0.15, 0.2) is 67.0 Å². The number of piperidine rings is 1. The number of pyridine rings is 2. The van der Waals surface area contributed by atoms with Gasteiger partial charge >= 0.3 is 0 Å². The Kier molecular flexibility index (Phi) is 8.01. The van der Waals surface area contributed by atoms with Gasteiger partial charge in [-0.3, -0.25) is 44.2 Å². The first-order valence-electron chi connectivity index (χ1n) is 15.7. The maximum atomic E-state index is 13.9. The molecule has 0 saturated carbocycles. The van der Waals surface area contributed by atoms with Crippen LogP contribution in [0.4, 0.5) is 11.4 Å². The Morgan fingerprint density at radius 3 is 2.44 bits per heavy atom. The molecule has 0 radical (unpaired) electrons. The van der Waals surface area contributed by atoms with Gasteiger partial charge in [0.1, 0.15) is 6.04 Å². The van der Waals surface area contributed by atoms with E-state index >= 15 is 0 Å². The quantitative estimate of drug-likeness (QED) is 0.298. The first-order valence-corrected chi connectivity index (χ1v) is 15.7. The highest BCUT2D eigenvalue weighted by atomic mass is 16.5. The predicted molar refractivity (Wildman–Crippen MR) is 176 cm³/mol. The van der Waals surface area contributed by atoms with Crippen LogP contribution in [-0.4, -0.2) is 76.7 Å². The summed E-state index contributed by atoms with van der Waals surface area (Å²) in [7, 11) is 0. The fourth-order valence-corrected chi connectivity index (χ4v) is 6.45. The molecule has 0 aliphatic carbocycles. The van der Waals surface area contributed by atoms with Crippen LogP contribution in [0.25, 0.3) is 22.4 Å². The number of ether oxygens (including phenoxy) is 1. The SMILES string of the molecule is Cc1cccc(C(=O)Nc2cnc(C)c(-c3cnc(-c4cccc5c4C(=O)N(C4CCC(=O)NC4=O)C5=O)c(N4CCOCC4)c3)c2)c1. The van der Waals surface area contributed by atoms with Gasteiger partial charge in [0.15, 0.2) is 0 Å². The van der Waals surface area contributed by atoms with E-state index in [9.17, 15) is 24.0 Å². The molecular weight excluding hydrogens is 612 g/mol. The molecule has 0 bridgehead atoms. The van der Waals surface area contributed by atoms with E-state index in [0.29, 0.717) is 48.8 Å². The van der Waals surface area contributed by atoms with Crippen LogP contribution in [0.1, 0.15) is 55.2 Å². The molecule has 2 aromatic carbocycles. The zero-order valence-electron chi connectivity index (χ0n) is 26.4. The molecule has 1 unspecified atom stereocenters. The fourth-order valence-electron chi connectivity index (χ4n) is 6.45. The Hall–Kier alpha value is -5.75. The van der Waals surface area contributed by atoms with Crippen molar-refractivity contribution in [3.63, 3.8) is 0 Å². The van der Waals surface area contributed by atoms with Gasteiger partial charge in [0.2, 0.25) is 11.8 Å². The average molecular weight is 645 g/mol. The average Bonchev–Trinajstić information content (AvgIpc) is 3.35. The van der Waals surface area contributed by atoms with Crippen LogP contribution in [0.3, 0.4) is 0 Å². The highest BCUT2D eigenvalue weighted by molar-refractivity contribution is 6.26. The van der Waals surface area contributed by atoms with E-state index in [1.165, 1.54) is 0 Å².